The van der Waals surface area contributed by atoms with E-state index in [-0.39, 0.29) is 18.8 Å². The lowest BCUT2D eigenvalue weighted by atomic mass is 10.0. The molecule has 0 aliphatic rings. The summed E-state index contributed by atoms with van der Waals surface area (Å²) in [5, 5.41) is 27.3. The molecule has 0 bridgehead atoms. The molecule has 0 aromatic rings. The summed E-state index contributed by atoms with van der Waals surface area (Å²) in [5.41, 5.74) is 0. The largest absolute Gasteiger partial charge is 0.396 e. The summed E-state index contributed by atoms with van der Waals surface area (Å²) in [6.45, 7) is 3.81. The van der Waals surface area contributed by atoms with Gasteiger partial charge in [-0.05, 0) is 38.5 Å². The van der Waals surface area contributed by atoms with Gasteiger partial charge in [0.05, 0.1) is 12.2 Å². The minimum Gasteiger partial charge on any atom is -0.396 e. The van der Waals surface area contributed by atoms with E-state index in [1.807, 2.05) is 0 Å². The molecule has 3 heteroatoms. The summed E-state index contributed by atoms with van der Waals surface area (Å²) in [6.07, 6.45) is 4.52. The Hall–Kier alpha value is -0.120. The van der Waals surface area contributed by atoms with Crippen molar-refractivity contribution in [2.75, 3.05) is 6.61 Å². The van der Waals surface area contributed by atoms with E-state index in [1.165, 1.54) is 0 Å². The minimum atomic E-state index is -0.325. The Morgan fingerprint density at radius 3 is 1.86 bits per heavy atom. The van der Waals surface area contributed by atoms with Crippen LogP contribution in [-0.4, -0.2) is 34.1 Å². The predicted octanol–water partition coefficient (Wildman–Crippen LogP) is 1.27. The van der Waals surface area contributed by atoms with Crippen LogP contribution in [0.25, 0.3) is 0 Å². The average Bonchev–Trinajstić information content (AvgIpc) is 2.15. The van der Waals surface area contributed by atoms with Gasteiger partial charge in [-0.15, -0.1) is 0 Å². The molecule has 2 unspecified atom stereocenters. The molecule has 3 N–H and O–H groups in total. The van der Waals surface area contributed by atoms with Crippen LogP contribution in [0.1, 0.15) is 44.9 Å². The van der Waals surface area contributed by atoms with Crippen LogP contribution in [0.2, 0.25) is 0 Å². The highest BCUT2D eigenvalue weighted by atomic mass is 16.3. The average molecular weight is 203 g/mol. The molecule has 0 spiro atoms. The van der Waals surface area contributed by atoms with E-state index in [4.69, 9.17) is 5.11 Å². The Balaban J connectivity index is 3.25. The molecule has 0 rings (SSSR count). The SMILES string of the molecule is [CH2]CCC(O)CCCC(O)CCCO. The molecule has 1 radical (unpaired) electrons. The van der Waals surface area contributed by atoms with E-state index in [0.29, 0.717) is 19.3 Å². The van der Waals surface area contributed by atoms with E-state index in [9.17, 15) is 10.2 Å². The van der Waals surface area contributed by atoms with Crippen LogP contribution in [-0.2, 0) is 0 Å². The van der Waals surface area contributed by atoms with Gasteiger partial charge in [0, 0.05) is 6.61 Å². The van der Waals surface area contributed by atoms with Gasteiger partial charge < -0.3 is 15.3 Å². The lowest BCUT2D eigenvalue weighted by Crippen LogP contribution is -2.10. The zero-order valence-corrected chi connectivity index (χ0v) is 8.86. The maximum absolute atomic E-state index is 9.42. The molecular formula is C11H23O3. The third kappa shape index (κ3) is 8.48. The van der Waals surface area contributed by atoms with Gasteiger partial charge in [-0.2, -0.15) is 0 Å². The second-order valence-corrected chi connectivity index (χ2v) is 3.75. The molecule has 0 saturated carbocycles. The molecule has 2 atom stereocenters. The first-order chi connectivity index (χ1) is 6.70. The van der Waals surface area contributed by atoms with Crippen molar-refractivity contribution in [2.24, 2.45) is 0 Å². The Bertz CT molecular complexity index is 117. The van der Waals surface area contributed by atoms with Gasteiger partial charge in [-0.3, -0.25) is 0 Å². The van der Waals surface area contributed by atoms with Gasteiger partial charge in [0.2, 0.25) is 0 Å². The quantitative estimate of drug-likeness (QED) is 0.529. The van der Waals surface area contributed by atoms with Crippen molar-refractivity contribution in [1.29, 1.82) is 0 Å². The molecule has 0 aliphatic heterocycles. The molecule has 0 saturated heterocycles. The molecule has 0 aliphatic carbocycles. The first kappa shape index (κ1) is 13.9. The van der Waals surface area contributed by atoms with Crippen LogP contribution in [0.4, 0.5) is 0 Å². The molecule has 0 heterocycles. The van der Waals surface area contributed by atoms with Crippen LogP contribution >= 0.6 is 0 Å². The van der Waals surface area contributed by atoms with E-state index < -0.39 is 0 Å². The highest BCUT2D eigenvalue weighted by molar-refractivity contribution is 4.61. The topological polar surface area (TPSA) is 60.7 Å². The van der Waals surface area contributed by atoms with E-state index >= 15 is 0 Å². The van der Waals surface area contributed by atoms with Gasteiger partial charge in [-0.25, -0.2) is 0 Å². The molecule has 0 amide bonds. The Morgan fingerprint density at radius 2 is 1.36 bits per heavy atom. The summed E-state index contributed by atoms with van der Waals surface area (Å²) < 4.78 is 0. The van der Waals surface area contributed by atoms with Gasteiger partial charge in [0.1, 0.15) is 0 Å². The van der Waals surface area contributed by atoms with Crippen molar-refractivity contribution in [1.82, 2.24) is 0 Å². The first-order valence-electron chi connectivity index (χ1n) is 5.47. The summed E-state index contributed by atoms with van der Waals surface area (Å²) in [7, 11) is 0. The monoisotopic (exact) mass is 203 g/mol. The summed E-state index contributed by atoms with van der Waals surface area (Å²) >= 11 is 0. The Morgan fingerprint density at radius 1 is 0.857 bits per heavy atom. The number of hydrogen-bond acceptors (Lipinski definition) is 3. The van der Waals surface area contributed by atoms with Crippen LogP contribution in [0, 0.1) is 6.92 Å². The van der Waals surface area contributed by atoms with E-state index in [0.717, 1.165) is 25.7 Å². The lowest BCUT2D eigenvalue weighted by Gasteiger charge is -2.12. The van der Waals surface area contributed by atoms with Gasteiger partial charge in [0.15, 0.2) is 0 Å². The fourth-order valence-electron chi connectivity index (χ4n) is 1.44. The fourth-order valence-corrected chi connectivity index (χ4v) is 1.44. The minimum absolute atomic E-state index is 0.140. The van der Waals surface area contributed by atoms with Crippen LogP contribution in [0.15, 0.2) is 0 Å². The standard InChI is InChI=1S/C11H23O3/c1-2-5-10(13)6-3-7-11(14)8-4-9-12/h10-14H,1-9H2. The molecule has 0 fully saturated rings. The number of aliphatic hydroxyl groups is 3. The third-order valence-corrected chi connectivity index (χ3v) is 2.31. The van der Waals surface area contributed by atoms with E-state index in [2.05, 4.69) is 6.92 Å². The fraction of sp³-hybridized carbons (Fsp3) is 0.909. The molecule has 0 aromatic heterocycles. The highest BCUT2D eigenvalue weighted by Gasteiger charge is 2.06. The highest BCUT2D eigenvalue weighted by Crippen LogP contribution is 2.10. The molecule has 85 valence electrons. The van der Waals surface area contributed by atoms with Crippen molar-refractivity contribution in [2.45, 2.75) is 57.2 Å². The summed E-state index contributed by atoms with van der Waals surface area (Å²) in [5.74, 6) is 0. The molecule has 3 nitrogen and oxygen atoms in total. The van der Waals surface area contributed by atoms with Crippen molar-refractivity contribution in [3.63, 3.8) is 0 Å². The second kappa shape index (κ2) is 9.44. The summed E-state index contributed by atoms with van der Waals surface area (Å²) in [6, 6.07) is 0. The normalized spacial score (nSPS) is 15.4. The smallest absolute Gasteiger partial charge is 0.0541 e. The van der Waals surface area contributed by atoms with Crippen molar-refractivity contribution < 1.29 is 15.3 Å². The Kier molecular flexibility index (Phi) is 9.35. The van der Waals surface area contributed by atoms with Crippen molar-refractivity contribution >= 4 is 0 Å². The number of rotatable bonds is 9. The van der Waals surface area contributed by atoms with Gasteiger partial charge in [0.25, 0.3) is 0 Å². The number of hydrogen-bond donors (Lipinski definition) is 3. The predicted molar refractivity (Wildman–Crippen MR) is 56.8 cm³/mol. The van der Waals surface area contributed by atoms with Gasteiger partial charge in [-0.1, -0.05) is 13.3 Å². The number of aliphatic hydroxyl groups excluding tert-OH is 3. The van der Waals surface area contributed by atoms with E-state index in [1.54, 1.807) is 0 Å². The summed E-state index contributed by atoms with van der Waals surface area (Å²) in [4.78, 5) is 0. The maximum atomic E-state index is 9.42. The van der Waals surface area contributed by atoms with Gasteiger partial charge >= 0.3 is 0 Å². The molecular weight excluding hydrogens is 180 g/mol. The lowest BCUT2D eigenvalue weighted by molar-refractivity contribution is 0.118. The van der Waals surface area contributed by atoms with Crippen LogP contribution in [0.5, 0.6) is 0 Å². The van der Waals surface area contributed by atoms with Crippen LogP contribution in [0.3, 0.4) is 0 Å². The zero-order chi connectivity index (χ0) is 10.8. The zero-order valence-electron chi connectivity index (χ0n) is 8.86. The van der Waals surface area contributed by atoms with Crippen molar-refractivity contribution in [3.8, 4) is 0 Å². The second-order valence-electron chi connectivity index (χ2n) is 3.75. The van der Waals surface area contributed by atoms with Crippen LogP contribution < -0.4 is 0 Å². The molecule has 0 aromatic carbocycles. The maximum Gasteiger partial charge on any atom is 0.0541 e. The first-order valence-corrected chi connectivity index (χ1v) is 5.47. The molecule has 14 heavy (non-hydrogen) atoms. The third-order valence-electron chi connectivity index (χ3n) is 2.31. The van der Waals surface area contributed by atoms with Crippen molar-refractivity contribution in [3.05, 3.63) is 6.92 Å². The Labute approximate surface area is 86.8 Å².